The number of hydrogen-bond donors (Lipinski definition) is 0. The van der Waals surface area contributed by atoms with Crippen LogP contribution in [-0.2, 0) is 14.6 Å². The summed E-state index contributed by atoms with van der Waals surface area (Å²) in [5.41, 5.74) is -1.02. The molecule has 0 atom stereocenters. The summed E-state index contributed by atoms with van der Waals surface area (Å²) in [6.07, 6.45) is -2.87. The molecule has 1 fully saturated rings. The van der Waals surface area contributed by atoms with Crippen LogP contribution < -0.4 is 4.74 Å². The van der Waals surface area contributed by atoms with Gasteiger partial charge in [-0.3, -0.25) is 0 Å². The maximum atomic E-state index is 13.1. The molecule has 1 aliphatic rings. The van der Waals surface area contributed by atoms with Crippen molar-refractivity contribution in [2.75, 3.05) is 26.1 Å². The van der Waals surface area contributed by atoms with E-state index in [1.165, 1.54) is 19.2 Å². The van der Waals surface area contributed by atoms with Crippen LogP contribution in [0.2, 0.25) is 0 Å². The monoisotopic (exact) mass is 306 g/mol. The van der Waals surface area contributed by atoms with E-state index in [-0.39, 0.29) is 16.4 Å². The Balaban J connectivity index is 2.40. The van der Waals surface area contributed by atoms with E-state index in [1.807, 2.05) is 0 Å². The van der Waals surface area contributed by atoms with Crippen LogP contribution in [0.4, 0.5) is 8.78 Å². The minimum Gasteiger partial charge on any atom is -0.497 e. The van der Waals surface area contributed by atoms with Gasteiger partial charge in [0, 0.05) is 11.0 Å². The van der Waals surface area contributed by atoms with Gasteiger partial charge in [-0.2, -0.15) is 0 Å². The minimum atomic E-state index is -3.80. The standard InChI is InChI=1S/C13H16F2O4S/c1-13(6-19-7-13)8-20(16,17)11-4-3-9(18-2)5-10(11)12(14)15/h3-5,12H,6-8H2,1-2H3. The summed E-state index contributed by atoms with van der Waals surface area (Å²) < 4.78 is 60.6. The molecule has 1 saturated heterocycles. The van der Waals surface area contributed by atoms with Crippen molar-refractivity contribution in [1.29, 1.82) is 0 Å². The van der Waals surface area contributed by atoms with Gasteiger partial charge in [0.25, 0.3) is 6.43 Å². The summed E-state index contributed by atoms with van der Waals surface area (Å²) in [4.78, 5) is -0.332. The van der Waals surface area contributed by atoms with Gasteiger partial charge in [0.05, 0.1) is 31.0 Å². The number of rotatable bonds is 5. The van der Waals surface area contributed by atoms with E-state index in [2.05, 4.69) is 0 Å². The molecule has 0 aliphatic carbocycles. The van der Waals surface area contributed by atoms with Gasteiger partial charge < -0.3 is 9.47 Å². The second kappa shape index (κ2) is 5.29. The summed E-state index contributed by atoms with van der Waals surface area (Å²) in [5.74, 6) is 0.00363. The molecule has 1 aromatic carbocycles. The van der Waals surface area contributed by atoms with Gasteiger partial charge in [-0.25, -0.2) is 17.2 Å². The van der Waals surface area contributed by atoms with Crippen LogP contribution in [0.25, 0.3) is 0 Å². The Morgan fingerprint density at radius 3 is 2.50 bits per heavy atom. The second-order valence-electron chi connectivity index (χ2n) is 5.27. The van der Waals surface area contributed by atoms with Crippen molar-refractivity contribution in [2.24, 2.45) is 5.41 Å². The molecule has 4 nitrogen and oxygen atoms in total. The third-order valence-corrected chi connectivity index (χ3v) is 5.35. The van der Waals surface area contributed by atoms with E-state index in [4.69, 9.17) is 9.47 Å². The fourth-order valence-electron chi connectivity index (χ4n) is 2.18. The Morgan fingerprint density at radius 2 is 2.05 bits per heavy atom. The lowest BCUT2D eigenvalue weighted by Crippen LogP contribution is -2.45. The molecular weight excluding hydrogens is 290 g/mol. The number of alkyl halides is 2. The van der Waals surface area contributed by atoms with E-state index < -0.39 is 27.2 Å². The fraction of sp³-hybridized carbons (Fsp3) is 0.538. The maximum absolute atomic E-state index is 13.1. The number of benzene rings is 1. The van der Waals surface area contributed by atoms with Gasteiger partial charge in [0.2, 0.25) is 0 Å². The average molecular weight is 306 g/mol. The number of methoxy groups -OCH3 is 1. The van der Waals surface area contributed by atoms with Crippen LogP contribution in [-0.4, -0.2) is 34.5 Å². The highest BCUT2D eigenvalue weighted by molar-refractivity contribution is 7.91. The van der Waals surface area contributed by atoms with Gasteiger partial charge in [-0.15, -0.1) is 0 Å². The molecule has 1 aliphatic heterocycles. The quantitative estimate of drug-likeness (QED) is 0.838. The van der Waals surface area contributed by atoms with Crippen molar-refractivity contribution in [2.45, 2.75) is 18.2 Å². The second-order valence-corrected chi connectivity index (χ2v) is 7.22. The molecule has 2 rings (SSSR count). The van der Waals surface area contributed by atoms with E-state index in [0.717, 1.165) is 6.07 Å². The van der Waals surface area contributed by atoms with Crippen molar-refractivity contribution in [3.8, 4) is 5.75 Å². The normalized spacial score (nSPS) is 17.9. The molecule has 1 aromatic rings. The molecule has 0 bridgehead atoms. The van der Waals surface area contributed by atoms with Crippen LogP contribution in [0.5, 0.6) is 5.75 Å². The van der Waals surface area contributed by atoms with Crippen LogP contribution in [0, 0.1) is 5.41 Å². The first-order valence-corrected chi connectivity index (χ1v) is 7.69. The summed E-state index contributed by atoms with van der Waals surface area (Å²) in [5, 5.41) is 0. The van der Waals surface area contributed by atoms with Crippen molar-refractivity contribution in [3.63, 3.8) is 0 Å². The first kappa shape index (κ1) is 15.2. The Bertz CT molecular complexity index is 594. The predicted octanol–water partition coefficient (Wildman–Crippen LogP) is 2.44. The molecule has 0 aromatic heterocycles. The highest BCUT2D eigenvalue weighted by Gasteiger charge is 2.39. The zero-order chi connectivity index (χ0) is 15.0. The van der Waals surface area contributed by atoms with Crippen molar-refractivity contribution in [3.05, 3.63) is 23.8 Å². The number of hydrogen-bond acceptors (Lipinski definition) is 4. The van der Waals surface area contributed by atoms with Gasteiger partial charge in [-0.05, 0) is 18.2 Å². The Labute approximate surface area is 116 Å². The lowest BCUT2D eigenvalue weighted by atomic mass is 9.92. The minimum absolute atomic E-state index is 0.202. The largest absolute Gasteiger partial charge is 0.497 e. The van der Waals surface area contributed by atoms with Crippen LogP contribution >= 0.6 is 0 Å². The molecule has 0 amide bonds. The van der Waals surface area contributed by atoms with Crippen molar-refractivity contribution >= 4 is 9.84 Å². The van der Waals surface area contributed by atoms with Gasteiger partial charge in [0.15, 0.2) is 9.84 Å². The molecule has 0 saturated carbocycles. The lowest BCUT2D eigenvalue weighted by molar-refractivity contribution is -0.0870. The number of ether oxygens (including phenoxy) is 2. The summed E-state index contributed by atoms with van der Waals surface area (Å²) in [6.45, 7) is 2.42. The molecule has 0 N–H and O–H groups in total. The molecule has 20 heavy (non-hydrogen) atoms. The summed E-state index contributed by atoms with van der Waals surface area (Å²) >= 11 is 0. The average Bonchev–Trinajstić information content (AvgIpc) is 2.35. The first-order valence-electron chi connectivity index (χ1n) is 6.04. The third-order valence-electron chi connectivity index (χ3n) is 3.23. The van der Waals surface area contributed by atoms with Gasteiger partial charge in [0.1, 0.15) is 5.75 Å². The predicted molar refractivity (Wildman–Crippen MR) is 68.9 cm³/mol. The Morgan fingerprint density at radius 1 is 1.40 bits per heavy atom. The summed E-state index contributed by atoms with van der Waals surface area (Å²) in [6, 6.07) is 3.62. The topological polar surface area (TPSA) is 52.6 Å². The van der Waals surface area contributed by atoms with Gasteiger partial charge >= 0.3 is 0 Å². The van der Waals surface area contributed by atoms with Crippen molar-refractivity contribution < 1.29 is 26.7 Å². The number of halogens is 2. The highest BCUT2D eigenvalue weighted by Crippen LogP contribution is 2.35. The molecule has 7 heteroatoms. The Kier molecular flexibility index (Phi) is 4.02. The van der Waals surface area contributed by atoms with E-state index in [0.29, 0.717) is 13.2 Å². The third kappa shape index (κ3) is 2.93. The molecule has 0 radical (unpaired) electrons. The highest BCUT2D eigenvalue weighted by atomic mass is 32.2. The van der Waals surface area contributed by atoms with Crippen molar-refractivity contribution in [1.82, 2.24) is 0 Å². The van der Waals surface area contributed by atoms with Crippen LogP contribution in [0.15, 0.2) is 23.1 Å². The first-order chi connectivity index (χ1) is 9.27. The number of sulfone groups is 1. The maximum Gasteiger partial charge on any atom is 0.265 e. The molecule has 112 valence electrons. The summed E-state index contributed by atoms with van der Waals surface area (Å²) in [7, 11) is -2.46. The zero-order valence-electron chi connectivity index (χ0n) is 11.2. The van der Waals surface area contributed by atoms with Crippen LogP contribution in [0.1, 0.15) is 18.9 Å². The molecule has 1 heterocycles. The fourth-order valence-corrected chi connectivity index (χ4v) is 4.20. The lowest BCUT2D eigenvalue weighted by Gasteiger charge is -2.37. The zero-order valence-corrected chi connectivity index (χ0v) is 12.0. The Hall–Kier alpha value is -1.21. The van der Waals surface area contributed by atoms with E-state index in [1.54, 1.807) is 6.92 Å². The molecule has 0 spiro atoms. The van der Waals surface area contributed by atoms with Gasteiger partial charge in [-0.1, -0.05) is 6.92 Å². The molecular formula is C13H16F2O4S. The molecule has 0 unspecified atom stereocenters. The van der Waals surface area contributed by atoms with Crippen LogP contribution in [0.3, 0.4) is 0 Å². The van der Waals surface area contributed by atoms with E-state index in [9.17, 15) is 17.2 Å². The van der Waals surface area contributed by atoms with E-state index >= 15 is 0 Å². The SMILES string of the molecule is COc1ccc(S(=O)(=O)CC2(C)COC2)c(C(F)F)c1. The smallest absolute Gasteiger partial charge is 0.265 e.